The van der Waals surface area contributed by atoms with Crippen LogP contribution >= 0.6 is 12.4 Å². The second kappa shape index (κ2) is 11.3. The number of halogens is 1. The van der Waals surface area contributed by atoms with Gasteiger partial charge in [-0.05, 0) is 24.5 Å². The number of methoxy groups -OCH3 is 1. The predicted octanol–water partition coefficient (Wildman–Crippen LogP) is 2.84. The van der Waals surface area contributed by atoms with E-state index in [0.29, 0.717) is 24.8 Å². The van der Waals surface area contributed by atoms with E-state index >= 15 is 0 Å². The Labute approximate surface area is 139 Å². The van der Waals surface area contributed by atoms with Crippen molar-refractivity contribution in [2.75, 3.05) is 25.6 Å². The molecule has 1 atom stereocenters. The fourth-order valence-electron chi connectivity index (χ4n) is 1.76. The summed E-state index contributed by atoms with van der Waals surface area (Å²) in [6, 6.07) is 7.39. The molecule has 0 saturated heterocycles. The van der Waals surface area contributed by atoms with E-state index in [1.54, 1.807) is 7.11 Å². The molecule has 0 aliphatic heterocycles. The predicted molar refractivity (Wildman–Crippen MR) is 91.7 cm³/mol. The summed E-state index contributed by atoms with van der Waals surface area (Å²) in [6.07, 6.45) is 0.990. The zero-order chi connectivity index (χ0) is 15.7. The average Bonchev–Trinajstić information content (AvgIpc) is 2.44. The SMILES string of the molecule is COC(CN)CC(=O)Nc1cccc(OCCC(C)C)c1.Cl. The molecule has 0 heterocycles. The Balaban J connectivity index is 0.00000441. The summed E-state index contributed by atoms with van der Waals surface area (Å²) in [5, 5.41) is 2.83. The largest absolute Gasteiger partial charge is 0.494 e. The van der Waals surface area contributed by atoms with E-state index in [9.17, 15) is 4.79 Å². The highest BCUT2D eigenvalue weighted by Crippen LogP contribution is 2.18. The number of hydrogen-bond acceptors (Lipinski definition) is 4. The van der Waals surface area contributed by atoms with Gasteiger partial charge >= 0.3 is 0 Å². The molecule has 0 fully saturated rings. The highest BCUT2D eigenvalue weighted by atomic mass is 35.5. The molecular formula is C16H27ClN2O3. The molecule has 1 aromatic carbocycles. The number of nitrogens with two attached hydrogens (primary N) is 1. The molecule has 0 aliphatic carbocycles. The maximum absolute atomic E-state index is 11.9. The Morgan fingerprint density at radius 3 is 2.68 bits per heavy atom. The van der Waals surface area contributed by atoms with Crippen molar-refractivity contribution < 1.29 is 14.3 Å². The van der Waals surface area contributed by atoms with Crippen LogP contribution in [0.5, 0.6) is 5.75 Å². The number of benzene rings is 1. The highest BCUT2D eigenvalue weighted by Gasteiger charge is 2.11. The van der Waals surface area contributed by atoms with Crippen LogP contribution in [0, 0.1) is 5.92 Å². The molecule has 22 heavy (non-hydrogen) atoms. The summed E-state index contributed by atoms with van der Waals surface area (Å²) in [4.78, 5) is 11.9. The van der Waals surface area contributed by atoms with Crippen molar-refractivity contribution in [3.05, 3.63) is 24.3 Å². The molecule has 0 saturated carbocycles. The zero-order valence-electron chi connectivity index (χ0n) is 13.5. The topological polar surface area (TPSA) is 73.6 Å². The van der Waals surface area contributed by atoms with Crippen LogP contribution < -0.4 is 15.8 Å². The van der Waals surface area contributed by atoms with Gasteiger partial charge in [0.1, 0.15) is 5.75 Å². The van der Waals surface area contributed by atoms with Crippen LogP contribution in [0.25, 0.3) is 0 Å². The second-order valence-electron chi connectivity index (χ2n) is 5.40. The van der Waals surface area contributed by atoms with Gasteiger partial charge in [0, 0.05) is 25.4 Å². The molecule has 0 spiro atoms. The summed E-state index contributed by atoms with van der Waals surface area (Å²) in [5.74, 6) is 1.25. The van der Waals surface area contributed by atoms with Gasteiger partial charge in [0.2, 0.25) is 5.91 Å². The first kappa shape index (κ1) is 20.7. The van der Waals surface area contributed by atoms with Gasteiger partial charge in [0.25, 0.3) is 0 Å². The molecule has 5 nitrogen and oxygen atoms in total. The molecule has 1 rings (SSSR count). The van der Waals surface area contributed by atoms with Crippen LogP contribution in [-0.2, 0) is 9.53 Å². The van der Waals surface area contributed by atoms with Crippen molar-refractivity contribution in [2.45, 2.75) is 32.8 Å². The van der Waals surface area contributed by atoms with Gasteiger partial charge < -0.3 is 20.5 Å². The van der Waals surface area contributed by atoms with Crippen LogP contribution in [0.15, 0.2) is 24.3 Å². The normalized spacial score (nSPS) is 11.7. The Kier molecular flexibility index (Phi) is 10.6. The minimum atomic E-state index is -0.254. The standard InChI is InChI=1S/C16H26N2O3.ClH/c1-12(2)7-8-21-14-6-4-5-13(9-14)18-16(19)10-15(11-17)20-3;/h4-6,9,12,15H,7-8,10-11,17H2,1-3H3,(H,18,19);1H. The molecule has 1 amide bonds. The first-order valence-electron chi connectivity index (χ1n) is 7.30. The molecular weight excluding hydrogens is 304 g/mol. The van der Waals surface area contributed by atoms with Gasteiger partial charge in [-0.15, -0.1) is 12.4 Å². The quantitative estimate of drug-likeness (QED) is 0.730. The number of nitrogens with one attached hydrogen (secondary N) is 1. The van der Waals surface area contributed by atoms with E-state index in [1.165, 1.54) is 0 Å². The lowest BCUT2D eigenvalue weighted by molar-refractivity contribution is -0.118. The third-order valence-electron chi connectivity index (χ3n) is 3.09. The zero-order valence-corrected chi connectivity index (χ0v) is 14.3. The molecule has 6 heteroatoms. The number of ether oxygens (including phenoxy) is 2. The average molecular weight is 331 g/mol. The van der Waals surface area contributed by atoms with Crippen LogP contribution in [0.1, 0.15) is 26.7 Å². The Hall–Kier alpha value is -1.30. The summed E-state index contributed by atoms with van der Waals surface area (Å²) in [7, 11) is 1.55. The number of hydrogen-bond donors (Lipinski definition) is 2. The monoisotopic (exact) mass is 330 g/mol. The van der Waals surface area contributed by atoms with Crippen molar-refractivity contribution in [1.82, 2.24) is 0 Å². The van der Waals surface area contributed by atoms with Gasteiger partial charge in [-0.1, -0.05) is 19.9 Å². The third-order valence-corrected chi connectivity index (χ3v) is 3.09. The first-order chi connectivity index (χ1) is 10.0. The van der Waals surface area contributed by atoms with Crippen LogP contribution in [0.2, 0.25) is 0 Å². The number of carbonyl (C=O) groups is 1. The fourth-order valence-corrected chi connectivity index (χ4v) is 1.76. The van der Waals surface area contributed by atoms with Crippen molar-refractivity contribution in [1.29, 1.82) is 0 Å². The molecule has 0 bridgehead atoms. The Morgan fingerprint density at radius 1 is 1.36 bits per heavy atom. The van der Waals surface area contributed by atoms with Crippen molar-refractivity contribution in [2.24, 2.45) is 11.7 Å². The minimum absolute atomic E-state index is 0. The Morgan fingerprint density at radius 2 is 2.09 bits per heavy atom. The molecule has 126 valence electrons. The number of anilines is 1. The van der Waals surface area contributed by atoms with E-state index in [1.807, 2.05) is 24.3 Å². The number of amides is 1. The maximum atomic E-state index is 11.9. The first-order valence-corrected chi connectivity index (χ1v) is 7.30. The molecule has 0 radical (unpaired) electrons. The summed E-state index contributed by atoms with van der Waals surface area (Å²) < 4.78 is 10.8. The molecule has 1 aromatic rings. The smallest absolute Gasteiger partial charge is 0.227 e. The maximum Gasteiger partial charge on any atom is 0.227 e. The van der Waals surface area contributed by atoms with E-state index in [2.05, 4.69) is 19.2 Å². The van der Waals surface area contributed by atoms with Crippen molar-refractivity contribution in [3.8, 4) is 5.75 Å². The van der Waals surface area contributed by atoms with E-state index in [0.717, 1.165) is 12.2 Å². The van der Waals surface area contributed by atoms with Gasteiger partial charge in [-0.3, -0.25) is 4.79 Å². The highest BCUT2D eigenvalue weighted by molar-refractivity contribution is 5.91. The third kappa shape index (κ3) is 8.22. The lowest BCUT2D eigenvalue weighted by Gasteiger charge is -2.13. The van der Waals surface area contributed by atoms with E-state index in [-0.39, 0.29) is 30.8 Å². The van der Waals surface area contributed by atoms with E-state index in [4.69, 9.17) is 15.2 Å². The van der Waals surface area contributed by atoms with Crippen LogP contribution in [0.4, 0.5) is 5.69 Å². The van der Waals surface area contributed by atoms with Gasteiger partial charge in [-0.25, -0.2) is 0 Å². The Bertz CT molecular complexity index is 437. The fraction of sp³-hybridized carbons (Fsp3) is 0.562. The van der Waals surface area contributed by atoms with Crippen molar-refractivity contribution >= 4 is 24.0 Å². The molecule has 1 unspecified atom stereocenters. The van der Waals surface area contributed by atoms with Crippen LogP contribution in [-0.4, -0.2) is 32.3 Å². The number of rotatable bonds is 9. The summed E-state index contributed by atoms with van der Waals surface area (Å²) in [5.41, 5.74) is 6.22. The van der Waals surface area contributed by atoms with E-state index < -0.39 is 0 Å². The molecule has 3 N–H and O–H groups in total. The molecule has 0 aromatic heterocycles. The lowest BCUT2D eigenvalue weighted by atomic mass is 10.1. The summed E-state index contributed by atoms with van der Waals surface area (Å²) in [6.45, 7) is 5.31. The van der Waals surface area contributed by atoms with Gasteiger partial charge in [0.05, 0.1) is 19.1 Å². The van der Waals surface area contributed by atoms with Crippen LogP contribution in [0.3, 0.4) is 0 Å². The van der Waals surface area contributed by atoms with Crippen molar-refractivity contribution in [3.63, 3.8) is 0 Å². The van der Waals surface area contributed by atoms with Gasteiger partial charge in [0.15, 0.2) is 0 Å². The summed E-state index contributed by atoms with van der Waals surface area (Å²) >= 11 is 0. The van der Waals surface area contributed by atoms with Gasteiger partial charge in [-0.2, -0.15) is 0 Å². The minimum Gasteiger partial charge on any atom is -0.494 e. The lowest BCUT2D eigenvalue weighted by Crippen LogP contribution is -2.28. The second-order valence-corrected chi connectivity index (χ2v) is 5.40. The number of carbonyl (C=O) groups excluding carboxylic acids is 1. The molecule has 0 aliphatic rings.